The highest BCUT2D eigenvalue weighted by Crippen LogP contribution is 1.89. The molecule has 0 aliphatic carbocycles. The molecule has 0 aliphatic rings. The summed E-state index contributed by atoms with van der Waals surface area (Å²) in [4.78, 5) is 26.3. The van der Waals surface area contributed by atoms with Gasteiger partial charge in [-0.25, -0.2) is 5.43 Å². The quantitative estimate of drug-likeness (QED) is 0.440. The maximum Gasteiger partial charge on any atom is 0.329 e. The van der Waals surface area contributed by atoms with Crippen molar-refractivity contribution in [1.29, 1.82) is 0 Å². The number of nitrogens with zero attached hydrogens (tertiary/aromatic N) is 2. The number of aromatic nitrogens is 1. The zero-order valence-corrected chi connectivity index (χ0v) is 9.68. The topological polar surface area (TPSA) is 83.5 Å². The second-order valence-corrected chi connectivity index (χ2v) is 3.61. The summed E-state index contributed by atoms with van der Waals surface area (Å²) >= 11 is 0. The van der Waals surface area contributed by atoms with Gasteiger partial charge in [-0.05, 0) is 19.9 Å². The molecule has 0 unspecified atom stereocenters. The van der Waals surface area contributed by atoms with Gasteiger partial charge in [0.15, 0.2) is 0 Å². The highest BCUT2D eigenvalue weighted by Gasteiger charge is 2.12. The van der Waals surface area contributed by atoms with Gasteiger partial charge < -0.3 is 5.32 Å². The van der Waals surface area contributed by atoms with Crippen molar-refractivity contribution in [2.24, 2.45) is 5.10 Å². The van der Waals surface area contributed by atoms with Gasteiger partial charge in [0.05, 0.1) is 6.21 Å². The van der Waals surface area contributed by atoms with Crippen LogP contribution in [0, 0.1) is 0 Å². The first kappa shape index (κ1) is 12.8. The van der Waals surface area contributed by atoms with E-state index in [0.717, 1.165) is 5.56 Å². The lowest BCUT2D eigenvalue weighted by atomic mass is 10.3. The van der Waals surface area contributed by atoms with Crippen LogP contribution in [0.2, 0.25) is 0 Å². The van der Waals surface area contributed by atoms with E-state index in [2.05, 4.69) is 20.8 Å². The van der Waals surface area contributed by atoms with Crippen molar-refractivity contribution in [3.8, 4) is 0 Å². The van der Waals surface area contributed by atoms with Gasteiger partial charge in [0, 0.05) is 24.0 Å². The summed E-state index contributed by atoms with van der Waals surface area (Å²) in [6, 6.07) is 3.43. The third-order valence-corrected chi connectivity index (χ3v) is 1.69. The molecule has 1 rings (SSSR count). The lowest BCUT2D eigenvalue weighted by Crippen LogP contribution is -2.41. The van der Waals surface area contributed by atoms with Crippen molar-refractivity contribution in [3.05, 3.63) is 30.1 Å². The van der Waals surface area contributed by atoms with E-state index in [1.54, 1.807) is 38.4 Å². The van der Waals surface area contributed by atoms with Crippen LogP contribution < -0.4 is 10.7 Å². The Bertz CT molecular complexity index is 415. The van der Waals surface area contributed by atoms with Crippen molar-refractivity contribution in [3.63, 3.8) is 0 Å². The van der Waals surface area contributed by atoms with E-state index in [9.17, 15) is 9.59 Å². The van der Waals surface area contributed by atoms with E-state index in [1.807, 2.05) is 0 Å². The minimum absolute atomic E-state index is 0.0875. The Hall–Kier alpha value is -2.24. The summed E-state index contributed by atoms with van der Waals surface area (Å²) < 4.78 is 0. The Morgan fingerprint density at radius 2 is 2.18 bits per heavy atom. The smallest absolute Gasteiger partial charge is 0.329 e. The summed E-state index contributed by atoms with van der Waals surface area (Å²) in [6.45, 7) is 3.54. The van der Waals surface area contributed by atoms with Crippen molar-refractivity contribution in [2.75, 3.05) is 0 Å². The van der Waals surface area contributed by atoms with Gasteiger partial charge in [0.1, 0.15) is 0 Å². The number of rotatable bonds is 3. The predicted octanol–water partition coefficient (Wildman–Crippen LogP) is 0.0563. The molecular formula is C11H14N4O2. The summed E-state index contributed by atoms with van der Waals surface area (Å²) in [6.07, 6.45) is 4.63. The fourth-order valence-electron chi connectivity index (χ4n) is 0.996. The summed E-state index contributed by atoms with van der Waals surface area (Å²) in [5.41, 5.74) is 2.86. The van der Waals surface area contributed by atoms with E-state index in [4.69, 9.17) is 0 Å². The first-order chi connectivity index (χ1) is 8.09. The number of hydrazone groups is 1. The van der Waals surface area contributed by atoms with Gasteiger partial charge in [-0.15, -0.1) is 0 Å². The van der Waals surface area contributed by atoms with Crippen LogP contribution in [0.25, 0.3) is 0 Å². The van der Waals surface area contributed by atoms with Crippen molar-refractivity contribution in [1.82, 2.24) is 15.7 Å². The van der Waals surface area contributed by atoms with Crippen LogP contribution in [0.5, 0.6) is 0 Å². The SMILES string of the molecule is CC(C)NC(=O)C(=O)N/N=C/c1cccnc1. The molecule has 1 aromatic rings. The Kier molecular flexibility index (Phi) is 4.80. The number of amides is 2. The van der Waals surface area contributed by atoms with Crippen LogP contribution >= 0.6 is 0 Å². The number of carbonyl (C=O) groups is 2. The average Bonchev–Trinajstić information content (AvgIpc) is 2.29. The molecule has 6 heteroatoms. The molecule has 1 aromatic heterocycles. The number of nitrogens with one attached hydrogen (secondary N) is 2. The van der Waals surface area contributed by atoms with Gasteiger partial charge in [0.2, 0.25) is 0 Å². The molecule has 6 nitrogen and oxygen atoms in total. The van der Waals surface area contributed by atoms with Crippen LogP contribution in [-0.4, -0.2) is 29.1 Å². The largest absolute Gasteiger partial charge is 0.346 e. The molecule has 0 fully saturated rings. The lowest BCUT2D eigenvalue weighted by Gasteiger charge is -2.05. The lowest BCUT2D eigenvalue weighted by molar-refractivity contribution is -0.139. The molecule has 1 heterocycles. The summed E-state index contributed by atoms with van der Waals surface area (Å²) in [7, 11) is 0. The molecule has 0 aromatic carbocycles. The van der Waals surface area contributed by atoms with Gasteiger partial charge in [-0.3, -0.25) is 14.6 Å². The van der Waals surface area contributed by atoms with Crippen LogP contribution in [0.3, 0.4) is 0 Å². The number of hydrogen-bond donors (Lipinski definition) is 2. The Labute approximate surface area is 99.1 Å². The van der Waals surface area contributed by atoms with E-state index in [-0.39, 0.29) is 6.04 Å². The number of hydrogen-bond acceptors (Lipinski definition) is 4. The van der Waals surface area contributed by atoms with Crippen molar-refractivity contribution in [2.45, 2.75) is 19.9 Å². The van der Waals surface area contributed by atoms with Crippen molar-refractivity contribution >= 4 is 18.0 Å². The average molecular weight is 234 g/mol. The maximum atomic E-state index is 11.2. The molecule has 17 heavy (non-hydrogen) atoms. The van der Waals surface area contributed by atoms with Crippen molar-refractivity contribution < 1.29 is 9.59 Å². The molecule has 0 atom stereocenters. The van der Waals surface area contributed by atoms with E-state index in [0.29, 0.717) is 0 Å². The normalized spacial score (nSPS) is 10.5. The second-order valence-electron chi connectivity index (χ2n) is 3.61. The molecule has 0 saturated carbocycles. The van der Waals surface area contributed by atoms with Gasteiger partial charge >= 0.3 is 11.8 Å². The standard InChI is InChI=1S/C11H14N4O2/c1-8(2)14-10(16)11(17)15-13-7-9-4-3-5-12-6-9/h3-8H,1-2H3,(H,14,16)(H,15,17)/b13-7+. The molecule has 0 bridgehead atoms. The highest BCUT2D eigenvalue weighted by atomic mass is 16.2. The fourth-order valence-corrected chi connectivity index (χ4v) is 0.996. The number of carbonyl (C=O) groups excluding carboxylic acids is 2. The molecular weight excluding hydrogens is 220 g/mol. The molecule has 90 valence electrons. The molecule has 0 saturated heterocycles. The minimum atomic E-state index is -0.793. The van der Waals surface area contributed by atoms with E-state index in [1.165, 1.54) is 6.21 Å². The van der Waals surface area contributed by atoms with Gasteiger partial charge in [-0.1, -0.05) is 6.07 Å². The zero-order chi connectivity index (χ0) is 12.7. The molecule has 0 spiro atoms. The first-order valence-corrected chi connectivity index (χ1v) is 5.13. The zero-order valence-electron chi connectivity index (χ0n) is 9.68. The van der Waals surface area contributed by atoms with Gasteiger partial charge in [0.25, 0.3) is 0 Å². The van der Waals surface area contributed by atoms with Crippen LogP contribution in [0.1, 0.15) is 19.4 Å². The van der Waals surface area contributed by atoms with Crippen LogP contribution in [0.4, 0.5) is 0 Å². The predicted molar refractivity (Wildman–Crippen MR) is 63.3 cm³/mol. The number of pyridine rings is 1. The van der Waals surface area contributed by atoms with Crippen LogP contribution in [-0.2, 0) is 9.59 Å². The monoisotopic (exact) mass is 234 g/mol. The van der Waals surface area contributed by atoms with Gasteiger partial charge in [-0.2, -0.15) is 5.10 Å². The third-order valence-electron chi connectivity index (χ3n) is 1.69. The molecule has 2 N–H and O–H groups in total. The Balaban J connectivity index is 2.43. The fraction of sp³-hybridized carbons (Fsp3) is 0.273. The second kappa shape index (κ2) is 6.37. The molecule has 0 aliphatic heterocycles. The third kappa shape index (κ3) is 4.87. The Morgan fingerprint density at radius 3 is 2.76 bits per heavy atom. The van der Waals surface area contributed by atoms with E-state index < -0.39 is 11.8 Å². The summed E-state index contributed by atoms with van der Waals surface area (Å²) in [5, 5.41) is 6.10. The molecule has 0 radical (unpaired) electrons. The summed E-state index contributed by atoms with van der Waals surface area (Å²) in [5.74, 6) is -1.50. The van der Waals surface area contributed by atoms with Crippen LogP contribution in [0.15, 0.2) is 29.6 Å². The maximum absolute atomic E-state index is 11.2. The van der Waals surface area contributed by atoms with E-state index >= 15 is 0 Å². The Morgan fingerprint density at radius 1 is 1.41 bits per heavy atom. The minimum Gasteiger partial charge on any atom is -0.346 e. The molecule has 2 amide bonds. The highest BCUT2D eigenvalue weighted by molar-refractivity contribution is 6.35. The first-order valence-electron chi connectivity index (χ1n) is 5.13.